The number of nitrogens with two attached hydrogens (primary N) is 1. The second-order valence-electron chi connectivity index (χ2n) is 4.36. The van der Waals surface area contributed by atoms with Crippen LogP contribution in [0.1, 0.15) is 26.4 Å². The van der Waals surface area contributed by atoms with E-state index in [1.165, 1.54) is 0 Å². The minimum absolute atomic E-state index is 0.0933. The van der Waals surface area contributed by atoms with E-state index in [1.54, 1.807) is 11.3 Å². The summed E-state index contributed by atoms with van der Waals surface area (Å²) in [5.74, 6) is 5.71. The number of amides is 1. The van der Waals surface area contributed by atoms with Gasteiger partial charge in [0.2, 0.25) is 0 Å². The molecule has 0 aliphatic rings. The van der Waals surface area contributed by atoms with E-state index in [1.807, 2.05) is 36.6 Å². The highest BCUT2D eigenvalue weighted by atomic mass is 79.9. The van der Waals surface area contributed by atoms with E-state index in [2.05, 4.69) is 33.1 Å². The largest absolute Gasteiger partial charge is 0.347 e. The summed E-state index contributed by atoms with van der Waals surface area (Å²) in [5.41, 5.74) is 7.74. The zero-order valence-electron chi connectivity index (χ0n) is 11.6. The van der Waals surface area contributed by atoms with Crippen LogP contribution >= 0.6 is 27.3 Å². The van der Waals surface area contributed by atoms with Gasteiger partial charge in [0, 0.05) is 20.5 Å². The average Bonchev–Trinajstić information content (AvgIpc) is 2.89. The summed E-state index contributed by atoms with van der Waals surface area (Å²) in [6, 6.07) is 7.51. The summed E-state index contributed by atoms with van der Waals surface area (Å²) in [4.78, 5) is 13.4. The zero-order chi connectivity index (χ0) is 15.2. The van der Waals surface area contributed by atoms with Crippen molar-refractivity contribution in [2.24, 2.45) is 5.73 Å². The van der Waals surface area contributed by atoms with Crippen LogP contribution in [0.25, 0.3) is 0 Å². The third-order valence-electron chi connectivity index (χ3n) is 3.00. The van der Waals surface area contributed by atoms with Crippen molar-refractivity contribution >= 4 is 33.2 Å². The molecule has 1 heterocycles. The Morgan fingerprint density at radius 3 is 2.90 bits per heavy atom. The lowest BCUT2D eigenvalue weighted by molar-refractivity contribution is 0.0950. The normalized spacial score (nSPS) is 9.86. The molecule has 0 fully saturated rings. The van der Waals surface area contributed by atoms with Gasteiger partial charge in [-0.1, -0.05) is 17.9 Å². The number of thiophene rings is 1. The highest BCUT2D eigenvalue weighted by molar-refractivity contribution is 9.10. The number of hydrogen-bond acceptors (Lipinski definition) is 3. The third kappa shape index (κ3) is 3.94. The van der Waals surface area contributed by atoms with E-state index >= 15 is 0 Å². The fraction of sp³-hybridized carbons (Fsp3) is 0.188. The number of benzene rings is 1. The highest BCUT2D eigenvalue weighted by Gasteiger charge is 2.11. The van der Waals surface area contributed by atoms with E-state index in [0.29, 0.717) is 18.7 Å². The van der Waals surface area contributed by atoms with E-state index in [9.17, 15) is 4.79 Å². The van der Waals surface area contributed by atoms with Crippen molar-refractivity contribution in [2.75, 3.05) is 6.54 Å². The monoisotopic (exact) mass is 362 g/mol. The lowest BCUT2D eigenvalue weighted by atomic mass is 10.0. The van der Waals surface area contributed by atoms with Crippen molar-refractivity contribution in [1.82, 2.24) is 5.32 Å². The summed E-state index contributed by atoms with van der Waals surface area (Å²) < 4.78 is 1.02. The molecule has 21 heavy (non-hydrogen) atoms. The van der Waals surface area contributed by atoms with Gasteiger partial charge < -0.3 is 11.1 Å². The maximum Gasteiger partial charge on any atom is 0.251 e. The molecule has 0 radical (unpaired) electrons. The molecular formula is C16H15BrN2OS. The smallest absolute Gasteiger partial charge is 0.251 e. The Balaban J connectivity index is 2.14. The first-order valence-electron chi connectivity index (χ1n) is 6.42. The number of rotatable bonds is 3. The first-order valence-corrected chi connectivity index (χ1v) is 8.09. The molecule has 1 aromatic heterocycles. The van der Waals surface area contributed by atoms with Crippen LogP contribution in [0.2, 0.25) is 0 Å². The van der Waals surface area contributed by atoms with Crippen LogP contribution in [-0.2, 0) is 6.54 Å². The number of nitrogens with one attached hydrogen (secondary N) is 1. The van der Waals surface area contributed by atoms with Gasteiger partial charge in [-0.05, 0) is 52.0 Å². The molecule has 0 aliphatic heterocycles. The Morgan fingerprint density at radius 2 is 2.24 bits per heavy atom. The molecule has 5 heteroatoms. The van der Waals surface area contributed by atoms with Gasteiger partial charge in [-0.3, -0.25) is 4.79 Å². The van der Waals surface area contributed by atoms with Crippen molar-refractivity contribution in [3.8, 4) is 11.8 Å². The molecule has 0 atom stereocenters. The van der Waals surface area contributed by atoms with E-state index in [-0.39, 0.29) is 5.91 Å². The van der Waals surface area contributed by atoms with Crippen molar-refractivity contribution in [3.05, 3.63) is 55.7 Å². The van der Waals surface area contributed by atoms with Gasteiger partial charge >= 0.3 is 0 Å². The Bertz CT molecular complexity index is 713. The molecule has 1 aromatic carbocycles. The van der Waals surface area contributed by atoms with Gasteiger partial charge in [-0.15, -0.1) is 11.3 Å². The lowest BCUT2D eigenvalue weighted by Crippen LogP contribution is -2.23. The Hall–Kier alpha value is -1.61. The van der Waals surface area contributed by atoms with Crippen LogP contribution in [0, 0.1) is 18.8 Å². The Morgan fingerprint density at radius 1 is 1.43 bits per heavy atom. The predicted octanol–water partition coefficient (Wildman–Crippen LogP) is 3.06. The number of carbonyl (C=O) groups excluding carboxylic acids is 1. The maximum absolute atomic E-state index is 12.3. The Labute approximate surface area is 136 Å². The minimum Gasteiger partial charge on any atom is -0.347 e. The van der Waals surface area contributed by atoms with Crippen LogP contribution in [0.15, 0.2) is 34.1 Å². The molecule has 2 aromatic rings. The van der Waals surface area contributed by atoms with Crippen LogP contribution in [-0.4, -0.2) is 12.5 Å². The van der Waals surface area contributed by atoms with E-state index < -0.39 is 0 Å². The van der Waals surface area contributed by atoms with Crippen LogP contribution in [0.4, 0.5) is 0 Å². The number of carbonyl (C=O) groups is 1. The standard InChI is InChI=1S/C16H15BrN2OS/c1-11-12(5-3-8-18)4-2-6-13(11)16(20)19-10-15-14(17)7-9-21-15/h2,4,6-7,9H,8,10,18H2,1H3,(H,19,20). The Kier molecular flexibility index (Phi) is 5.57. The van der Waals surface area contributed by atoms with Crippen LogP contribution in [0.5, 0.6) is 0 Å². The first kappa shape index (κ1) is 15.8. The molecule has 0 spiro atoms. The van der Waals surface area contributed by atoms with E-state index in [0.717, 1.165) is 20.5 Å². The summed E-state index contributed by atoms with van der Waals surface area (Å²) in [6.07, 6.45) is 0. The highest BCUT2D eigenvalue weighted by Crippen LogP contribution is 2.22. The molecule has 0 bridgehead atoms. The fourth-order valence-electron chi connectivity index (χ4n) is 1.87. The van der Waals surface area contributed by atoms with Gasteiger partial charge in [-0.2, -0.15) is 0 Å². The fourth-order valence-corrected chi connectivity index (χ4v) is 3.30. The molecule has 2 rings (SSSR count). The van der Waals surface area contributed by atoms with Crippen LogP contribution < -0.4 is 11.1 Å². The molecule has 3 nitrogen and oxygen atoms in total. The zero-order valence-corrected chi connectivity index (χ0v) is 14.0. The average molecular weight is 363 g/mol. The summed E-state index contributed by atoms with van der Waals surface area (Å²) in [7, 11) is 0. The molecule has 1 amide bonds. The second-order valence-corrected chi connectivity index (χ2v) is 6.21. The van der Waals surface area contributed by atoms with Gasteiger partial charge in [-0.25, -0.2) is 0 Å². The van der Waals surface area contributed by atoms with Crippen molar-refractivity contribution in [1.29, 1.82) is 0 Å². The third-order valence-corrected chi connectivity index (χ3v) is 4.93. The van der Waals surface area contributed by atoms with Gasteiger partial charge in [0.1, 0.15) is 0 Å². The summed E-state index contributed by atoms with van der Waals surface area (Å²) in [6.45, 7) is 2.72. The lowest BCUT2D eigenvalue weighted by Gasteiger charge is -2.08. The topological polar surface area (TPSA) is 55.1 Å². The molecule has 3 N–H and O–H groups in total. The first-order chi connectivity index (χ1) is 10.1. The SMILES string of the molecule is Cc1c(C#CCN)cccc1C(=O)NCc1sccc1Br. The van der Waals surface area contributed by atoms with Gasteiger partial charge in [0.15, 0.2) is 0 Å². The van der Waals surface area contributed by atoms with Crippen molar-refractivity contribution < 1.29 is 4.79 Å². The predicted molar refractivity (Wildman–Crippen MR) is 90.3 cm³/mol. The number of hydrogen-bond donors (Lipinski definition) is 2. The minimum atomic E-state index is -0.0933. The van der Waals surface area contributed by atoms with Crippen molar-refractivity contribution in [3.63, 3.8) is 0 Å². The molecule has 0 unspecified atom stereocenters. The van der Waals surface area contributed by atoms with Crippen molar-refractivity contribution in [2.45, 2.75) is 13.5 Å². The van der Waals surface area contributed by atoms with Gasteiger partial charge in [0.05, 0.1) is 13.1 Å². The molecule has 0 aliphatic carbocycles. The summed E-state index contributed by atoms with van der Waals surface area (Å²) >= 11 is 5.06. The van der Waals surface area contributed by atoms with Crippen LogP contribution in [0.3, 0.4) is 0 Å². The molecule has 0 saturated carbocycles. The number of halogens is 1. The second kappa shape index (κ2) is 7.41. The van der Waals surface area contributed by atoms with E-state index in [4.69, 9.17) is 5.73 Å². The molecular weight excluding hydrogens is 348 g/mol. The quantitative estimate of drug-likeness (QED) is 0.824. The maximum atomic E-state index is 12.3. The molecule has 108 valence electrons. The summed E-state index contributed by atoms with van der Waals surface area (Å²) in [5, 5.41) is 4.92. The molecule has 0 saturated heterocycles. The van der Waals surface area contributed by atoms with Gasteiger partial charge in [0.25, 0.3) is 5.91 Å².